The van der Waals surface area contributed by atoms with Crippen molar-refractivity contribution in [2.75, 3.05) is 5.73 Å². The normalized spacial score (nSPS) is 11.0. The van der Waals surface area contributed by atoms with Gasteiger partial charge in [0.25, 0.3) is 0 Å². The second kappa shape index (κ2) is 5.67. The van der Waals surface area contributed by atoms with E-state index in [0.29, 0.717) is 21.7 Å². The van der Waals surface area contributed by atoms with Gasteiger partial charge in [0.15, 0.2) is 0 Å². The van der Waals surface area contributed by atoms with Gasteiger partial charge in [-0.1, -0.05) is 30.1 Å². The summed E-state index contributed by atoms with van der Waals surface area (Å²) in [5.41, 5.74) is 5.74. The molecule has 0 amide bonds. The zero-order chi connectivity index (χ0) is 15.0. The van der Waals surface area contributed by atoms with Gasteiger partial charge in [-0.15, -0.1) is 11.3 Å². The number of anilines is 1. The van der Waals surface area contributed by atoms with Crippen LogP contribution in [0.15, 0.2) is 24.3 Å². The maximum atomic E-state index is 5.99. The maximum absolute atomic E-state index is 5.99. The van der Waals surface area contributed by atoms with Crippen molar-refractivity contribution in [1.82, 2.24) is 9.97 Å². The lowest BCUT2D eigenvalue weighted by Crippen LogP contribution is -1.97. The minimum atomic E-state index is 0.182. The van der Waals surface area contributed by atoms with Gasteiger partial charge in [0, 0.05) is 10.9 Å². The number of nitrogens with zero attached hydrogens (tertiary/aromatic N) is 2. The molecule has 3 rings (SSSR count). The lowest BCUT2D eigenvalue weighted by molar-refractivity contribution is 0.469. The molecule has 0 bridgehead atoms. The van der Waals surface area contributed by atoms with E-state index in [2.05, 4.69) is 16.9 Å². The van der Waals surface area contributed by atoms with Crippen LogP contribution in [0.4, 0.5) is 5.95 Å². The van der Waals surface area contributed by atoms with Crippen LogP contribution in [0, 0.1) is 0 Å². The molecule has 0 aliphatic heterocycles. The van der Waals surface area contributed by atoms with Crippen molar-refractivity contribution in [3.05, 3.63) is 39.2 Å². The minimum Gasteiger partial charge on any atom is -0.438 e. The largest absolute Gasteiger partial charge is 0.438 e. The lowest BCUT2D eigenvalue weighted by atomic mass is 10.3. The zero-order valence-electron chi connectivity index (χ0n) is 11.1. The number of aromatic nitrogens is 2. The molecule has 0 spiro atoms. The molecule has 0 unspecified atom stereocenters. The van der Waals surface area contributed by atoms with Crippen LogP contribution in [-0.4, -0.2) is 9.97 Å². The highest BCUT2D eigenvalue weighted by Gasteiger charge is 2.12. The van der Waals surface area contributed by atoms with E-state index in [1.165, 1.54) is 4.88 Å². The van der Waals surface area contributed by atoms with Crippen molar-refractivity contribution < 1.29 is 4.74 Å². The predicted molar refractivity (Wildman–Crippen MR) is 87.7 cm³/mol. The fraction of sp³-hybridized carbons (Fsp3) is 0.143. The highest BCUT2D eigenvalue weighted by Crippen LogP contribution is 2.35. The zero-order valence-corrected chi connectivity index (χ0v) is 13.4. The van der Waals surface area contributed by atoms with Crippen molar-refractivity contribution in [3.8, 4) is 11.6 Å². The smallest absolute Gasteiger partial charge is 0.232 e. The fourth-order valence-electron chi connectivity index (χ4n) is 1.86. The van der Waals surface area contributed by atoms with Gasteiger partial charge in [-0.05, 0) is 24.6 Å². The first-order valence-electron chi connectivity index (χ1n) is 6.25. The third-order valence-electron chi connectivity index (χ3n) is 2.88. The van der Waals surface area contributed by atoms with Gasteiger partial charge >= 0.3 is 0 Å². The highest BCUT2D eigenvalue weighted by molar-refractivity contribution is 7.18. The number of ether oxygens (including phenoxy) is 1. The molecule has 3 aromatic rings. The summed E-state index contributed by atoms with van der Waals surface area (Å²) in [5.74, 6) is 1.15. The molecule has 0 atom stereocenters. The van der Waals surface area contributed by atoms with E-state index in [-0.39, 0.29) is 5.95 Å². The van der Waals surface area contributed by atoms with Crippen molar-refractivity contribution >= 4 is 50.7 Å². The Balaban J connectivity index is 2.06. The van der Waals surface area contributed by atoms with E-state index in [0.717, 1.165) is 16.6 Å². The number of aryl methyl sites for hydroxylation is 1. The van der Waals surface area contributed by atoms with Crippen LogP contribution in [0.2, 0.25) is 10.0 Å². The molecular weight excluding hydrogens is 329 g/mol. The van der Waals surface area contributed by atoms with E-state index in [9.17, 15) is 0 Å². The minimum absolute atomic E-state index is 0.182. The summed E-state index contributed by atoms with van der Waals surface area (Å²) in [6, 6.07) is 7.06. The molecular formula is C14H11Cl2N3OS. The average molecular weight is 340 g/mol. The number of nitrogens with two attached hydrogens (primary N) is 1. The number of thiophene rings is 1. The summed E-state index contributed by atoms with van der Waals surface area (Å²) >= 11 is 13.5. The Hall–Kier alpha value is -1.56. The number of benzene rings is 1. The Morgan fingerprint density at radius 1 is 1.19 bits per heavy atom. The predicted octanol–water partition coefficient (Wildman–Crippen LogP) is 4.94. The fourth-order valence-corrected chi connectivity index (χ4v) is 3.12. The van der Waals surface area contributed by atoms with Crippen LogP contribution < -0.4 is 10.5 Å². The first kappa shape index (κ1) is 14.4. The van der Waals surface area contributed by atoms with E-state index >= 15 is 0 Å². The van der Waals surface area contributed by atoms with Crippen LogP contribution in [0.3, 0.4) is 0 Å². The molecule has 21 heavy (non-hydrogen) atoms. The van der Waals surface area contributed by atoms with Gasteiger partial charge < -0.3 is 10.5 Å². The molecule has 2 heterocycles. The second-order valence-electron chi connectivity index (χ2n) is 4.35. The lowest BCUT2D eigenvalue weighted by Gasteiger charge is -2.07. The Labute approximate surface area is 135 Å². The molecule has 0 aliphatic rings. The summed E-state index contributed by atoms with van der Waals surface area (Å²) < 4.78 is 5.80. The highest BCUT2D eigenvalue weighted by atomic mass is 35.5. The topological polar surface area (TPSA) is 61.0 Å². The quantitative estimate of drug-likeness (QED) is 0.734. The molecule has 0 fully saturated rings. The maximum Gasteiger partial charge on any atom is 0.232 e. The van der Waals surface area contributed by atoms with Gasteiger partial charge in [-0.2, -0.15) is 4.98 Å². The molecule has 2 aromatic heterocycles. The van der Waals surface area contributed by atoms with Crippen molar-refractivity contribution in [1.29, 1.82) is 0 Å². The first-order chi connectivity index (χ1) is 10.1. The average Bonchev–Trinajstić information content (AvgIpc) is 2.86. The van der Waals surface area contributed by atoms with Crippen molar-refractivity contribution in [2.24, 2.45) is 0 Å². The second-order valence-corrected chi connectivity index (χ2v) is 6.28. The number of fused-ring (bicyclic) bond motifs is 1. The summed E-state index contributed by atoms with van der Waals surface area (Å²) in [7, 11) is 0. The van der Waals surface area contributed by atoms with Gasteiger partial charge in [0.05, 0.1) is 15.4 Å². The Morgan fingerprint density at radius 2 is 2.00 bits per heavy atom. The van der Waals surface area contributed by atoms with Crippen LogP contribution in [-0.2, 0) is 6.42 Å². The number of nitrogen functional groups attached to an aromatic ring is 1. The van der Waals surface area contributed by atoms with Crippen LogP contribution in [0.5, 0.6) is 11.6 Å². The van der Waals surface area contributed by atoms with Crippen molar-refractivity contribution in [3.63, 3.8) is 0 Å². The van der Waals surface area contributed by atoms with Crippen LogP contribution >= 0.6 is 34.5 Å². The standard InChI is InChI=1S/C14H11Cl2N3OS/c1-2-8-6-9-12(18-14(17)19-13(9)21-8)20-7-3-4-10(15)11(16)5-7/h3-6H,2H2,1H3,(H2,17,18,19). The molecule has 1 aromatic carbocycles. The summed E-state index contributed by atoms with van der Waals surface area (Å²) in [4.78, 5) is 10.4. The molecule has 7 heteroatoms. The molecule has 0 saturated carbocycles. The Kier molecular flexibility index (Phi) is 3.89. The molecule has 0 radical (unpaired) electrons. The summed E-state index contributed by atoms with van der Waals surface area (Å²) in [6.45, 7) is 2.08. The van der Waals surface area contributed by atoms with E-state index in [4.69, 9.17) is 33.7 Å². The van der Waals surface area contributed by atoms with Gasteiger partial charge in [0.2, 0.25) is 11.8 Å². The molecule has 4 nitrogen and oxygen atoms in total. The molecule has 0 aliphatic carbocycles. The van der Waals surface area contributed by atoms with Crippen LogP contribution in [0.25, 0.3) is 10.2 Å². The molecule has 108 valence electrons. The summed E-state index contributed by atoms with van der Waals surface area (Å²) in [5, 5.41) is 1.74. The first-order valence-corrected chi connectivity index (χ1v) is 7.83. The van der Waals surface area contributed by atoms with Gasteiger partial charge in [0.1, 0.15) is 10.6 Å². The Morgan fingerprint density at radius 3 is 2.71 bits per heavy atom. The SMILES string of the molecule is CCc1cc2c(Oc3ccc(Cl)c(Cl)c3)nc(N)nc2s1. The van der Waals surface area contributed by atoms with Gasteiger partial charge in [-0.3, -0.25) is 0 Å². The number of rotatable bonds is 3. The number of hydrogen-bond donors (Lipinski definition) is 1. The number of hydrogen-bond acceptors (Lipinski definition) is 5. The van der Waals surface area contributed by atoms with E-state index in [1.54, 1.807) is 29.5 Å². The van der Waals surface area contributed by atoms with E-state index in [1.807, 2.05) is 6.07 Å². The van der Waals surface area contributed by atoms with Crippen LogP contribution in [0.1, 0.15) is 11.8 Å². The molecule has 0 saturated heterocycles. The van der Waals surface area contributed by atoms with E-state index < -0.39 is 0 Å². The molecule has 2 N–H and O–H groups in total. The monoisotopic (exact) mass is 339 g/mol. The summed E-state index contributed by atoms with van der Waals surface area (Å²) in [6.07, 6.45) is 0.924. The Bertz CT molecular complexity index is 819. The van der Waals surface area contributed by atoms with Gasteiger partial charge in [-0.25, -0.2) is 4.98 Å². The van der Waals surface area contributed by atoms with Crippen molar-refractivity contribution in [2.45, 2.75) is 13.3 Å². The number of halogens is 2. The third kappa shape index (κ3) is 2.90. The third-order valence-corrected chi connectivity index (χ3v) is 4.79.